The molecule has 6 nitrogen and oxygen atoms in total. The van der Waals surface area contributed by atoms with Gasteiger partial charge in [0.15, 0.2) is 11.5 Å². The summed E-state index contributed by atoms with van der Waals surface area (Å²) in [6.07, 6.45) is 1.73. The first kappa shape index (κ1) is 16.1. The normalized spacial score (nSPS) is 15.0. The number of anilines is 1. The van der Waals surface area contributed by atoms with Crippen molar-refractivity contribution in [2.45, 2.75) is 19.8 Å². The van der Waals surface area contributed by atoms with Crippen molar-refractivity contribution in [2.75, 3.05) is 25.7 Å². The van der Waals surface area contributed by atoms with Gasteiger partial charge in [-0.25, -0.2) is 0 Å². The fourth-order valence-electron chi connectivity index (χ4n) is 2.22. The number of rotatable bonds is 7. The van der Waals surface area contributed by atoms with E-state index in [1.165, 1.54) is 14.2 Å². The number of carbonyl (C=O) groups is 2. The average molecular weight is 307 g/mol. The molecule has 1 aliphatic carbocycles. The summed E-state index contributed by atoms with van der Waals surface area (Å²) >= 11 is 0. The number of nitrogens with zero attached hydrogens (tertiary/aromatic N) is 1. The fourth-order valence-corrected chi connectivity index (χ4v) is 2.22. The minimum atomic E-state index is -0.922. The van der Waals surface area contributed by atoms with Crippen molar-refractivity contribution in [3.63, 3.8) is 0 Å². The molecular formula is C16H21NO5. The zero-order valence-corrected chi connectivity index (χ0v) is 13.0. The van der Waals surface area contributed by atoms with E-state index in [9.17, 15) is 9.59 Å². The first-order valence-electron chi connectivity index (χ1n) is 7.24. The van der Waals surface area contributed by atoms with Gasteiger partial charge >= 0.3 is 5.97 Å². The Morgan fingerprint density at radius 1 is 1.27 bits per heavy atom. The van der Waals surface area contributed by atoms with Gasteiger partial charge in [0.25, 0.3) is 0 Å². The Hall–Kier alpha value is -2.24. The highest BCUT2D eigenvalue weighted by Crippen LogP contribution is 2.36. The summed E-state index contributed by atoms with van der Waals surface area (Å²) in [5.41, 5.74) is 0.627. The molecule has 0 saturated heterocycles. The third-order valence-electron chi connectivity index (χ3n) is 3.75. The second kappa shape index (κ2) is 6.68. The maximum atomic E-state index is 12.5. The predicted molar refractivity (Wildman–Crippen MR) is 81.4 cm³/mol. The SMILES string of the molecule is COc1ccc(N(CC(C)C(=O)O)C(=O)C2CC2)cc1OC. The van der Waals surface area contributed by atoms with Crippen LogP contribution in [0.4, 0.5) is 5.69 Å². The quantitative estimate of drug-likeness (QED) is 0.835. The smallest absolute Gasteiger partial charge is 0.308 e. The average Bonchev–Trinajstić information content (AvgIpc) is 3.35. The van der Waals surface area contributed by atoms with Gasteiger partial charge in [-0.3, -0.25) is 9.59 Å². The first-order valence-corrected chi connectivity index (χ1v) is 7.24. The van der Waals surface area contributed by atoms with Crippen LogP contribution in [0.1, 0.15) is 19.8 Å². The molecule has 0 bridgehead atoms. The van der Waals surface area contributed by atoms with E-state index in [-0.39, 0.29) is 18.4 Å². The van der Waals surface area contributed by atoms with E-state index < -0.39 is 11.9 Å². The van der Waals surface area contributed by atoms with E-state index in [0.717, 1.165) is 12.8 Å². The molecule has 1 aromatic rings. The first-order chi connectivity index (χ1) is 10.5. The minimum Gasteiger partial charge on any atom is -0.493 e. The lowest BCUT2D eigenvalue weighted by Gasteiger charge is -2.25. The molecule has 1 aromatic carbocycles. The third-order valence-corrected chi connectivity index (χ3v) is 3.75. The standard InChI is InChI=1S/C16H21NO5/c1-10(16(19)20)9-17(15(18)11-4-5-11)12-6-7-13(21-2)14(8-12)22-3/h6-8,10-11H,4-5,9H2,1-3H3,(H,19,20). The molecule has 1 saturated carbocycles. The molecule has 1 amide bonds. The van der Waals surface area contributed by atoms with Gasteiger partial charge in [-0.2, -0.15) is 0 Å². The molecule has 1 unspecified atom stereocenters. The van der Waals surface area contributed by atoms with Crippen molar-refractivity contribution in [1.29, 1.82) is 0 Å². The number of methoxy groups -OCH3 is 2. The number of amides is 1. The molecular weight excluding hydrogens is 286 g/mol. The molecule has 0 spiro atoms. The van der Waals surface area contributed by atoms with Crippen molar-refractivity contribution in [3.05, 3.63) is 18.2 Å². The van der Waals surface area contributed by atoms with Crippen LogP contribution in [-0.4, -0.2) is 37.7 Å². The van der Waals surface area contributed by atoms with Crippen LogP contribution in [-0.2, 0) is 9.59 Å². The van der Waals surface area contributed by atoms with Gasteiger partial charge in [-0.1, -0.05) is 6.92 Å². The van der Waals surface area contributed by atoms with Gasteiger partial charge in [0.2, 0.25) is 5.91 Å². The number of ether oxygens (including phenoxy) is 2. The fraction of sp³-hybridized carbons (Fsp3) is 0.500. The van der Waals surface area contributed by atoms with Gasteiger partial charge < -0.3 is 19.5 Å². The number of benzene rings is 1. The zero-order chi connectivity index (χ0) is 16.3. The van der Waals surface area contributed by atoms with Gasteiger partial charge in [0.1, 0.15) is 0 Å². The molecule has 0 aliphatic heterocycles. The lowest BCUT2D eigenvalue weighted by atomic mass is 10.1. The Morgan fingerprint density at radius 3 is 2.41 bits per heavy atom. The molecule has 0 radical (unpaired) electrons. The summed E-state index contributed by atoms with van der Waals surface area (Å²) in [6.45, 7) is 1.73. The van der Waals surface area contributed by atoms with Crippen LogP contribution in [0.2, 0.25) is 0 Å². The maximum Gasteiger partial charge on any atom is 0.308 e. The van der Waals surface area contributed by atoms with Gasteiger partial charge in [-0.05, 0) is 25.0 Å². The predicted octanol–water partition coefficient (Wildman–Crippen LogP) is 2.17. The van der Waals surface area contributed by atoms with E-state index in [1.54, 1.807) is 30.0 Å². The molecule has 2 rings (SSSR count). The molecule has 1 N–H and O–H groups in total. The van der Waals surface area contributed by atoms with Gasteiger partial charge in [-0.15, -0.1) is 0 Å². The van der Waals surface area contributed by atoms with Crippen LogP contribution in [0, 0.1) is 11.8 Å². The summed E-state index contributed by atoms with van der Waals surface area (Å²) in [5.74, 6) is -0.507. The van der Waals surface area contributed by atoms with Crippen LogP contribution in [0.5, 0.6) is 11.5 Å². The van der Waals surface area contributed by atoms with Crippen molar-refractivity contribution < 1.29 is 24.2 Å². The molecule has 6 heteroatoms. The number of carbonyl (C=O) groups excluding carboxylic acids is 1. The van der Waals surface area contributed by atoms with Crippen LogP contribution in [0.25, 0.3) is 0 Å². The lowest BCUT2D eigenvalue weighted by molar-refractivity contribution is -0.140. The van der Waals surface area contributed by atoms with E-state index in [0.29, 0.717) is 17.2 Å². The van der Waals surface area contributed by atoms with Crippen molar-refractivity contribution in [2.24, 2.45) is 11.8 Å². The van der Waals surface area contributed by atoms with E-state index in [2.05, 4.69) is 0 Å². The summed E-state index contributed by atoms with van der Waals surface area (Å²) in [5, 5.41) is 9.11. The second-order valence-electron chi connectivity index (χ2n) is 5.50. The number of carboxylic acids is 1. The topological polar surface area (TPSA) is 76.1 Å². The number of hydrogen-bond donors (Lipinski definition) is 1. The zero-order valence-electron chi connectivity index (χ0n) is 13.0. The highest BCUT2D eigenvalue weighted by atomic mass is 16.5. The minimum absolute atomic E-state index is 0.00842. The molecule has 0 heterocycles. The van der Waals surface area contributed by atoms with Gasteiger partial charge in [0.05, 0.1) is 20.1 Å². The Balaban J connectivity index is 2.31. The Morgan fingerprint density at radius 2 is 1.91 bits per heavy atom. The van der Waals surface area contributed by atoms with E-state index in [4.69, 9.17) is 14.6 Å². The monoisotopic (exact) mass is 307 g/mol. The largest absolute Gasteiger partial charge is 0.493 e. The Labute approximate surface area is 129 Å². The second-order valence-corrected chi connectivity index (χ2v) is 5.50. The van der Waals surface area contributed by atoms with Crippen molar-refractivity contribution >= 4 is 17.6 Å². The Kier molecular flexibility index (Phi) is 4.90. The lowest BCUT2D eigenvalue weighted by Crippen LogP contribution is -2.38. The van der Waals surface area contributed by atoms with Crippen LogP contribution >= 0.6 is 0 Å². The molecule has 22 heavy (non-hydrogen) atoms. The summed E-state index contributed by atoms with van der Waals surface area (Å²) in [4.78, 5) is 25.1. The molecule has 1 atom stereocenters. The molecule has 1 aliphatic rings. The molecule has 0 aromatic heterocycles. The van der Waals surface area contributed by atoms with Crippen LogP contribution in [0.15, 0.2) is 18.2 Å². The van der Waals surface area contributed by atoms with E-state index in [1.807, 2.05) is 0 Å². The van der Waals surface area contributed by atoms with Crippen LogP contribution in [0.3, 0.4) is 0 Å². The highest BCUT2D eigenvalue weighted by Gasteiger charge is 2.35. The van der Waals surface area contributed by atoms with Gasteiger partial charge in [0, 0.05) is 24.2 Å². The van der Waals surface area contributed by atoms with Crippen molar-refractivity contribution in [3.8, 4) is 11.5 Å². The number of aliphatic carboxylic acids is 1. The molecule has 120 valence electrons. The Bertz CT molecular complexity index is 568. The number of carboxylic acid groups (broad SMARTS) is 1. The van der Waals surface area contributed by atoms with Crippen LogP contribution < -0.4 is 14.4 Å². The summed E-state index contributed by atoms with van der Waals surface area (Å²) in [7, 11) is 3.06. The summed E-state index contributed by atoms with van der Waals surface area (Å²) < 4.78 is 10.4. The number of hydrogen-bond acceptors (Lipinski definition) is 4. The maximum absolute atomic E-state index is 12.5. The summed E-state index contributed by atoms with van der Waals surface area (Å²) in [6, 6.07) is 5.16. The van der Waals surface area contributed by atoms with Crippen molar-refractivity contribution in [1.82, 2.24) is 0 Å². The molecule has 1 fully saturated rings. The van der Waals surface area contributed by atoms with E-state index >= 15 is 0 Å². The third kappa shape index (κ3) is 3.50. The highest BCUT2D eigenvalue weighted by molar-refractivity contribution is 5.97.